The molecule has 0 spiro atoms. The highest BCUT2D eigenvalue weighted by Gasteiger charge is 2.57. The molecule has 0 aromatic carbocycles. The van der Waals surface area contributed by atoms with Crippen LogP contribution in [0.15, 0.2) is 6.07 Å². The zero-order valence-corrected chi connectivity index (χ0v) is 9.11. The van der Waals surface area contributed by atoms with Gasteiger partial charge in [-0.3, -0.25) is 9.89 Å². The summed E-state index contributed by atoms with van der Waals surface area (Å²) in [5.74, 6) is 2.31. The van der Waals surface area contributed by atoms with E-state index in [0.717, 1.165) is 16.5 Å². The van der Waals surface area contributed by atoms with Crippen LogP contribution in [-0.4, -0.2) is 16.0 Å². The number of hydrogen-bond acceptors (Lipinski definition) is 2. The lowest BCUT2D eigenvalue weighted by Crippen LogP contribution is -1.97. The van der Waals surface area contributed by atoms with E-state index < -0.39 is 0 Å². The van der Waals surface area contributed by atoms with Crippen LogP contribution in [0.1, 0.15) is 24.5 Å². The monoisotopic (exact) mass is 288 g/mol. The predicted molar refractivity (Wildman–Crippen MR) is 55.3 cm³/mol. The van der Waals surface area contributed by atoms with Crippen molar-refractivity contribution in [2.24, 2.45) is 11.8 Å². The maximum Gasteiger partial charge on any atom is 0.133 e. The number of fused-ring (bicyclic) bond motifs is 1. The van der Waals surface area contributed by atoms with Crippen molar-refractivity contribution in [1.29, 1.82) is 0 Å². The fraction of sp³-hybridized carbons (Fsp3) is 0.556. The zero-order valence-electron chi connectivity index (χ0n) is 6.96. The van der Waals surface area contributed by atoms with Gasteiger partial charge in [0.2, 0.25) is 0 Å². The molecule has 1 aromatic rings. The lowest BCUT2D eigenvalue weighted by atomic mass is 10.1. The second-order valence-corrected chi connectivity index (χ2v) is 5.05. The summed E-state index contributed by atoms with van der Waals surface area (Å²) in [5.41, 5.74) is 1.23. The molecule has 0 saturated heterocycles. The molecule has 3 rings (SSSR count). The number of ketones is 1. The Morgan fingerprint density at radius 2 is 2.15 bits per heavy atom. The number of nitrogens with one attached hydrogen (secondary N) is 1. The topological polar surface area (TPSA) is 45.8 Å². The van der Waals surface area contributed by atoms with Crippen molar-refractivity contribution in [2.75, 3.05) is 0 Å². The van der Waals surface area contributed by atoms with E-state index in [2.05, 4.69) is 38.9 Å². The van der Waals surface area contributed by atoms with Crippen LogP contribution in [0.5, 0.6) is 0 Å². The Kier molecular flexibility index (Phi) is 1.57. The minimum Gasteiger partial charge on any atom is -0.300 e. The lowest BCUT2D eigenvalue weighted by Gasteiger charge is -1.97. The molecule has 68 valence electrons. The molecule has 0 bridgehead atoms. The standard InChI is InChI=1S/C9H9IN2O/c10-8-3-7(11-12-8)9-5-1-4(13)2-6(5)9/h3,5-6,9H,1-2H2,(H,11,12)/t5-,6+,9?. The van der Waals surface area contributed by atoms with E-state index in [1.165, 1.54) is 5.69 Å². The summed E-state index contributed by atoms with van der Waals surface area (Å²) in [6.07, 6.45) is 1.59. The van der Waals surface area contributed by atoms with Crippen molar-refractivity contribution < 1.29 is 4.79 Å². The number of carbonyl (C=O) groups excluding carboxylic acids is 1. The summed E-state index contributed by atoms with van der Waals surface area (Å²) < 4.78 is 1.02. The van der Waals surface area contributed by atoms with Gasteiger partial charge in [0.15, 0.2) is 0 Å². The fourth-order valence-electron chi connectivity index (χ4n) is 2.55. The SMILES string of the molecule is O=C1C[C@@H]2C(c3cc(I)n[nH]3)[C@@H]2C1. The van der Waals surface area contributed by atoms with Crippen LogP contribution in [0, 0.1) is 15.5 Å². The number of aromatic nitrogens is 2. The van der Waals surface area contributed by atoms with Crippen molar-refractivity contribution >= 4 is 28.4 Å². The second-order valence-electron chi connectivity index (χ2n) is 3.95. The molecule has 4 heteroatoms. The molecule has 1 unspecified atom stereocenters. The van der Waals surface area contributed by atoms with Crippen LogP contribution < -0.4 is 0 Å². The number of nitrogens with zero attached hydrogens (tertiary/aromatic N) is 1. The van der Waals surface area contributed by atoms with Crippen molar-refractivity contribution in [3.63, 3.8) is 0 Å². The second kappa shape index (κ2) is 2.56. The Bertz CT molecular complexity index is 359. The van der Waals surface area contributed by atoms with E-state index in [0.29, 0.717) is 23.5 Å². The van der Waals surface area contributed by atoms with Crippen molar-refractivity contribution in [1.82, 2.24) is 10.2 Å². The molecule has 0 amide bonds. The largest absolute Gasteiger partial charge is 0.300 e. The number of halogens is 1. The summed E-state index contributed by atoms with van der Waals surface area (Å²) >= 11 is 2.20. The maximum absolute atomic E-state index is 11.0. The van der Waals surface area contributed by atoms with Gasteiger partial charge in [0.1, 0.15) is 9.48 Å². The first-order valence-corrected chi connectivity index (χ1v) is 5.56. The highest BCUT2D eigenvalue weighted by atomic mass is 127. The third kappa shape index (κ3) is 1.14. The quantitative estimate of drug-likeness (QED) is 0.800. The smallest absolute Gasteiger partial charge is 0.133 e. The van der Waals surface area contributed by atoms with E-state index >= 15 is 0 Å². The van der Waals surface area contributed by atoms with Gasteiger partial charge in [0.25, 0.3) is 0 Å². The highest BCUT2D eigenvalue weighted by molar-refractivity contribution is 14.1. The van der Waals surface area contributed by atoms with Gasteiger partial charge in [-0.05, 0) is 40.5 Å². The summed E-state index contributed by atoms with van der Waals surface area (Å²) in [4.78, 5) is 11.0. The lowest BCUT2D eigenvalue weighted by molar-refractivity contribution is -0.118. The number of rotatable bonds is 1. The van der Waals surface area contributed by atoms with E-state index in [4.69, 9.17) is 0 Å². The molecular formula is C9H9IN2O. The number of hydrogen-bond donors (Lipinski definition) is 1. The molecule has 3 nitrogen and oxygen atoms in total. The van der Waals surface area contributed by atoms with Gasteiger partial charge in [0, 0.05) is 24.5 Å². The third-order valence-corrected chi connectivity index (χ3v) is 3.74. The normalized spacial score (nSPS) is 36.4. The van der Waals surface area contributed by atoms with Crippen molar-refractivity contribution in [3.05, 3.63) is 15.5 Å². The predicted octanol–water partition coefficient (Wildman–Crippen LogP) is 1.71. The van der Waals surface area contributed by atoms with Gasteiger partial charge in [-0.25, -0.2) is 0 Å². The molecular weight excluding hydrogens is 279 g/mol. The van der Waals surface area contributed by atoms with Gasteiger partial charge < -0.3 is 0 Å². The van der Waals surface area contributed by atoms with Gasteiger partial charge in [-0.2, -0.15) is 5.10 Å². The Balaban J connectivity index is 1.81. The summed E-state index contributed by atoms with van der Waals surface area (Å²) in [6, 6.07) is 2.09. The Morgan fingerprint density at radius 3 is 2.69 bits per heavy atom. The molecule has 1 N–H and O–H groups in total. The molecule has 13 heavy (non-hydrogen) atoms. The molecule has 0 aliphatic heterocycles. The summed E-state index contributed by atoms with van der Waals surface area (Å²) in [5, 5.41) is 7.14. The van der Waals surface area contributed by atoms with E-state index in [1.54, 1.807) is 0 Å². The molecule has 2 aliphatic carbocycles. The van der Waals surface area contributed by atoms with Gasteiger partial charge in [-0.15, -0.1) is 0 Å². The first-order valence-electron chi connectivity index (χ1n) is 4.48. The number of Topliss-reactive ketones (excluding diaryl/α,β-unsaturated/α-hetero) is 1. The molecule has 2 saturated carbocycles. The summed E-state index contributed by atoms with van der Waals surface area (Å²) in [7, 11) is 0. The Labute approximate surface area is 89.4 Å². The van der Waals surface area contributed by atoms with Crippen LogP contribution in [-0.2, 0) is 4.79 Å². The molecule has 2 fully saturated rings. The van der Waals surface area contributed by atoms with Crippen LogP contribution in [0.25, 0.3) is 0 Å². The summed E-state index contributed by atoms with van der Waals surface area (Å²) in [6.45, 7) is 0. The number of H-pyrrole nitrogens is 1. The molecule has 0 radical (unpaired) electrons. The van der Waals surface area contributed by atoms with Crippen LogP contribution >= 0.6 is 22.6 Å². The maximum atomic E-state index is 11.0. The molecule has 1 heterocycles. The minimum atomic E-state index is 0.445. The highest BCUT2D eigenvalue weighted by Crippen LogP contribution is 2.61. The van der Waals surface area contributed by atoms with Crippen LogP contribution in [0.2, 0.25) is 0 Å². The fourth-order valence-corrected chi connectivity index (χ4v) is 3.01. The molecule has 1 aromatic heterocycles. The van der Waals surface area contributed by atoms with Crippen LogP contribution in [0.3, 0.4) is 0 Å². The average molecular weight is 288 g/mol. The number of aromatic amines is 1. The molecule has 3 atom stereocenters. The minimum absolute atomic E-state index is 0.445. The van der Waals surface area contributed by atoms with Crippen LogP contribution in [0.4, 0.5) is 0 Å². The Morgan fingerprint density at radius 1 is 1.46 bits per heavy atom. The van der Waals surface area contributed by atoms with Crippen molar-refractivity contribution in [2.45, 2.75) is 18.8 Å². The zero-order chi connectivity index (χ0) is 9.00. The first-order chi connectivity index (χ1) is 6.25. The van der Waals surface area contributed by atoms with E-state index in [-0.39, 0.29) is 0 Å². The van der Waals surface area contributed by atoms with E-state index in [9.17, 15) is 4.79 Å². The van der Waals surface area contributed by atoms with Gasteiger partial charge in [0.05, 0.1) is 0 Å². The van der Waals surface area contributed by atoms with E-state index in [1.807, 2.05) is 0 Å². The number of carbonyl (C=O) groups is 1. The average Bonchev–Trinajstić information content (AvgIpc) is 2.50. The third-order valence-electron chi connectivity index (χ3n) is 3.18. The first kappa shape index (κ1) is 7.96. The van der Waals surface area contributed by atoms with Gasteiger partial charge >= 0.3 is 0 Å². The Hall–Kier alpha value is -0.390. The molecule has 2 aliphatic rings. The van der Waals surface area contributed by atoms with Crippen molar-refractivity contribution in [3.8, 4) is 0 Å². The van der Waals surface area contributed by atoms with Gasteiger partial charge in [-0.1, -0.05) is 0 Å².